The molecule has 0 spiro atoms. The molecule has 1 amide bonds. The summed E-state index contributed by atoms with van der Waals surface area (Å²) in [5.74, 6) is -0.820. The fourth-order valence-electron chi connectivity index (χ4n) is 1.65. The molecule has 2 rings (SSSR count). The van der Waals surface area contributed by atoms with Gasteiger partial charge in [-0.05, 0) is 25.0 Å². The van der Waals surface area contributed by atoms with E-state index in [4.69, 9.17) is 5.73 Å². The highest BCUT2D eigenvalue weighted by atomic mass is 19.4. The van der Waals surface area contributed by atoms with Crippen molar-refractivity contribution in [3.05, 3.63) is 29.6 Å². The number of carbonyl (C=O) groups excluding carboxylic acids is 1. The van der Waals surface area contributed by atoms with Crippen molar-refractivity contribution in [3.8, 4) is 0 Å². The Bertz CT molecular complexity index is 438. The van der Waals surface area contributed by atoms with Gasteiger partial charge in [0.25, 0.3) is 5.91 Å². The van der Waals surface area contributed by atoms with Crippen LogP contribution in [0.15, 0.2) is 18.2 Å². The maximum absolute atomic E-state index is 12.8. The number of halogens is 3. The van der Waals surface area contributed by atoms with E-state index in [1.54, 1.807) is 0 Å². The van der Waals surface area contributed by atoms with Crippen molar-refractivity contribution in [1.29, 1.82) is 0 Å². The monoisotopic (exact) mass is 230 g/mol. The number of nitrogens with zero attached hydrogens (tertiary/aromatic N) is 1. The third-order valence-electron chi connectivity index (χ3n) is 2.78. The summed E-state index contributed by atoms with van der Waals surface area (Å²) in [6.45, 7) is 0. The minimum absolute atomic E-state index is 0.0196. The molecular weight excluding hydrogens is 221 g/mol. The first-order chi connectivity index (χ1) is 7.37. The highest BCUT2D eigenvalue weighted by molar-refractivity contribution is 5.90. The number of hydrogen-bond donors (Lipinski definition) is 1. The van der Waals surface area contributed by atoms with Gasteiger partial charge in [-0.2, -0.15) is 13.2 Å². The minimum atomic E-state index is -4.32. The molecular formula is C10H9F3N2O. The van der Waals surface area contributed by atoms with E-state index < -0.39 is 17.5 Å². The number of aromatic nitrogens is 1. The van der Waals surface area contributed by atoms with Crippen molar-refractivity contribution in [3.63, 3.8) is 0 Å². The Kier molecular flexibility index (Phi) is 2.18. The summed E-state index contributed by atoms with van der Waals surface area (Å²) in [5, 5.41) is 0. The van der Waals surface area contributed by atoms with Gasteiger partial charge in [0.1, 0.15) is 11.1 Å². The second-order valence-electron chi connectivity index (χ2n) is 3.85. The van der Waals surface area contributed by atoms with Crippen molar-refractivity contribution in [1.82, 2.24) is 4.98 Å². The van der Waals surface area contributed by atoms with Gasteiger partial charge in [0.2, 0.25) is 0 Å². The van der Waals surface area contributed by atoms with Gasteiger partial charge < -0.3 is 5.73 Å². The van der Waals surface area contributed by atoms with Crippen LogP contribution < -0.4 is 5.73 Å². The number of pyridine rings is 1. The largest absolute Gasteiger partial charge is 0.399 e. The standard InChI is InChI=1S/C10H9F3N2O/c11-10(12,13)9(4-5-9)7-3-1-2-6(15-7)8(14)16/h1-3H,4-5H2,(H2,14,16). The molecule has 0 bridgehead atoms. The zero-order valence-corrected chi connectivity index (χ0v) is 8.21. The molecule has 1 fully saturated rings. The lowest BCUT2D eigenvalue weighted by Gasteiger charge is -2.18. The molecule has 0 radical (unpaired) electrons. The van der Waals surface area contributed by atoms with Crippen LogP contribution in [0.2, 0.25) is 0 Å². The average molecular weight is 230 g/mol. The molecule has 1 saturated carbocycles. The number of amides is 1. The van der Waals surface area contributed by atoms with Crippen molar-refractivity contribution >= 4 is 5.91 Å². The first-order valence-corrected chi connectivity index (χ1v) is 4.71. The first kappa shape index (κ1) is 10.9. The Labute approximate surface area is 89.5 Å². The molecule has 0 unspecified atom stereocenters. The molecule has 1 aliphatic carbocycles. The molecule has 3 nitrogen and oxygen atoms in total. The Morgan fingerprint density at radius 1 is 1.38 bits per heavy atom. The Balaban J connectivity index is 2.42. The third kappa shape index (κ3) is 1.54. The van der Waals surface area contributed by atoms with Gasteiger partial charge >= 0.3 is 6.18 Å². The summed E-state index contributed by atoms with van der Waals surface area (Å²) in [6, 6.07) is 3.96. The minimum Gasteiger partial charge on any atom is -0.364 e. The molecule has 16 heavy (non-hydrogen) atoms. The predicted octanol–water partition coefficient (Wildman–Crippen LogP) is 1.77. The highest BCUT2D eigenvalue weighted by Crippen LogP contribution is 2.58. The molecule has 1 heterocycles. The van der Waals surface area contributed by atoms with E-state index in [1.165, 1.54) is 18.2 Å². The van der Waals surface area contributed by atoms with Crippen molar-refractivity contribution in [2.75, 3.05) is 0 Å². The first-order valence-electron chi connectivity index (χ1n) is 4.71. The molecule has 1 aromatic heterocycles. The normalized spacial score (nSPS) is 18.2. The number of primary amides is 1. The average Bonchev–Trinajstić information content (AvgIpc) is 2.97. The van der Waals surface area contributed by atoms with Gasteiger partial charge in [0, 0.05) is 0 Å². The van der Waals surface area contributed by atoms with Crippen molar-refractivity contribution < 1.29 is 18.0 Å². The molecule has 1 aliphatic rings. The van der Waals surface area contributed by atoms with Crippen molar-refractivity contribution in [2.45, 2.75) is 24.4 Å². The zero-order chi connectivity index (χ0) is 12.0. The van der Waals surface area contributed by atoms with Gasteiger partial charge in [0.15, 0.2) is 0 Å². The van der Waals surface area contributed by atoms with Crippen LogP contribution in [-0.4, -0.2) is 17.1 Å². The lowest BCUT2D eigenvalue weighted by atomic mass is 10.0. The van der Waals surface area contributed by atoms with Gasteiger partial charge in [0.05, 0.1) is 5.69 Å². The Morgan fingerprint density at radius 3 is 2.44 bits per heavy atom. The van der Waals surface area contributed by atoms with E-state index in [2.05, 4.69) is 4.98 Å². The Morgan fingerprint density at radius 2 is 2.00 bits per heavy atom. The van der Waals surface area contributed by atoms with Crippen LogP contribution >= 0.6 is 0 Å². The number of nitrogens with two attached hydrogens (primary N) is 1. The van der Waals surface area contributed by atoms with Crippen LogP contribution in [0.4, 0.5) is 13.2 Å². The second-order valence-corrected chi connectivity index (χ2v) is 3.85. The predicted molar refractivity (Wildman–Crippen MR) is 49.7 cm³/mol. The van der Waals surface area contributed by atoms with E-state index in [-0.39, 0.29) is 24.2 Å². The van der Waals surface area contributed by atoms with E-state index in [9.17, 15) is 18.0 Å². The maximum atomic E-state index is 12.8. The number of carbonyl (C=O) groups is 1. The maximum Gasteiger partial charge on any atom is 0.399 e. The van der Waals surface area contributed by atoms with Crippen LogP contribution in [0.25, 0.3) is 0 Å². The van der Waals surface area contributed by atoms with Crippen LogP contribution in [0.5, 0.6) is 0 Å². The van der Waals surface area contributed by atoms with Crippen LogP contribution in [0, 0.1) is 0 Å². The highest BCUT2D eigenvalue weighted by Gasteiger charge is 2.65. The number of alkyl halides is 3. The SMILES string of the molecule is NC(=O)c1cccc(C2(C(F)(F)F)CC2)n1. The topological polar surface area (TPSA) is 56.0 Å². The molecule has 0 aliphatic heterocycles. The van der Waals surface area contributed by atoms with E-state index in [1.807, 2.05) is 0 Å². The zero-order valence-electron chi connectivity index (χ0n) is 8.21. The van der Waals surface area contributed by atoms with E-state index in [0.29, 0.717) is 0 Å². The second kappa shape index (κ2) is 3.20. The summed E-state index contributed by atoms with van der Waals surface area (Å²) < 4.78 is 38.3. The molecule has 0 atom stereocenters. The van der Waals surface area contributed by atoms with Gasteiger partial charge in [-0.3, -0.25) is 4.79 Å². The summed E-state index contributed by atoms with van der Waals surface area (Å²) in [7, 11) is 0. The van der Waals surface area contributed by atoms with Crippen molar-refractivity contribution in [2.24, 2.45) is 5.73 Å². The van der Waals surface area contributed by atoms with Gasteiger partial charge in [-0.15, -0.1) is 0 Å². The fraction of sp³-hybridized carbons (Fsp3) is 0.400. The molecule has 2 N–H and O–H groups in total. The van der Waals surface area contributed by atoms with Crippen LogP contribution in [0.1, 0.15) is 29.0 Å². The smallest absolute Gasteiger partial charge is 0.364 e. The van der Waals surface area contributed by atoms with E-state index >= 15 is 0 Å². The molecule has 86 valence electrons. The molecule has 6 heteroatoms. The Hall–Kier alpha value is -1.59. The quantitative estimate of drug-likeness (QED) is 0.841. The number of hydrogen-bond acceptors (Lipinski definition) is 2. The number of rotatable bonds is 2. The lowest BCUT2D eigenvalue weighted by molar-refractivity contribution is -0.161. The lowest BCUT2D eigenvalue weighted by Crippen LogP contribution is -2.30. The summed E-state index contributed by atoms with van der Waals surface area (Å²) >= 11 is 0. The molecule has 0 saturated heterocycles. The summed E-state index contributed by atoms with van der Waals surface area (Å²) in [6.07, 6.45) is -4.28. The summed E-state index contributed by atoms with van der Waals surface area (Å²) in [5.41, 5.74) is 2.86. The van der Waals surface area contributed by atoms with Crippen LogP contribution in [-0.2, 0) is 5.41 Å². The molecule has 0 aromatic carbocycles. The third-order valence-corrected chi connectivity index (χ3v) is 2.78. The van der Waals surface area contributed by atoms with Crippen LogP contribution in [0.3, 0.4) is 0 Å². The van der Waals surface area contributed by atoms with Gasteiger partial charge in [-0.25, -0.2) is 4.98 Å². The fourth-order valence-corrected chi connectivity index (χ4v) is 1.65. The molecule has 1 aromatic rings. The van der Waals surface area contributed by atoms with E-state index in [0.717, 1.165) is 0 Å². The summed E-state index contributed by atoms with van der Waals surface area (Å²) in [4.78, 5) is 14.5. The van der Waals surface area contributed by atoms with Gasteiger partial charge in [-0.1, -0.05) is 6.07 Å².